The first-order valence-electron chi connectivity index (χ1n) is 11.2. The van der Waals surface area contributed by atoms with Crippen LogP contribution >= 0.6 is 22.9 Å². The summed E-state index contributed by atoms with van der Waals surface area (Å²) < 4.78 is 0.621. The highest BCUT2D eigenvalue weighted by Gasteiger charge is 2.18. The molecule has 0 aliphatic heterocycles. The first kappa shape index (κ1) is 22.5. The van der Waals surface area contributed by atoms with Gasteiger partial charge in [-0.25, -0.2) is 4.98 Å². The Morgan fingerprint density at radius 3 is 2.79 bits per heavy atom. The molecule has 0 unspecified atom stereocenters. The van der Waals surface area contributed by atoms with Crippen LogP contribution in [0.2, 0.25) is 5.02 Å². The van der Waals surface area contributed by atoms with Crippen LogP contribution in [0.3, 0.4) is 0 Å². The maximum absolute atomic E-state index is 12.5. The Balaban J connectivity index is 1.22. The quantitative estimate of drug-likeness (QED) is 0.198. The molecule has 4 aromatic rings. The SMILES string of the molecule is O=C(NCCCNc1c2c(nc3cc(Cl)ccc13)CCCC2)c1nc2ccc([N+](=O)[O-])cc2s1. The largest absolute Gasteiger partial charge is 0.384 e. The van der Waals surface area contributed by atoms with Gasteiger partial charge >= 0.3 is 0 Å². The molecular weight excluding hydrogens is 474 g/mol. The number of aromatic nitrogens is 2. The summed E-state index contributed by atoms with van der Waals surface area (Å²) in [6, 6.07) is 10.2. The molecule has 1 aliphatic rings. The number of anilines is 1. The van der Waals surface area contributed by atoms with Gasteiger partial charge < -0.3 is 10.6 Å². The summed E-state index contributed by atoms with van der Waals surface area (Å²) in [5.41, 5.74) is 5.02. The molecule has 8 nitrogen and oxygen atoms in total. The van der Waals surface area contributed by atoms with Crippen LogP contribution in [0, 0.1) is 10.1 Å². The zero-order valence-corrected chi connectivity index (χ0v) is 19.8. The maximum atomic E-state index is 12.5. The lowest BCUT2D eigenvalue weighted by atomic mass is 9.92. The third-order valence-electron chi connectivity index (χ3n) is 5.94. The van der Waals surface area contributed by atoms with Gasteiger partial charge in [-0.15, -0.1) is 11.3 Å². The summed E-state index contributed by atoms with van der Waals surface area (Å²) in [5.74, 6) is -0.273. The van der Waals surface area contributed by atoms with Crippen molar-refractivity contribution in [3.8, 4) is 0 Å². The minimum Gasteiger partial charge on any atom is -0.384 e. The van der Waals surface area contributed by atoms with Gasteiger partial charge in [0, 0.05) is 47.0 Å². The van der Waals surface area contributed by atoms with E-state index < -0.39 is 4.92 Å². The zero-order chi connectivity index (χ0) is 23.7. The highest BCUT2D eigenvalue weighted by atomic mass is 35.5. The summed E-state index contributed by atoms with van der Waals surface area (Å²) in [6.45, 7) is 1.18. The molecule has 174 valence electrons. The predicted molar refractivity (Wildman–Crippen MR) is 135 cm³/mol. The molecule has 0 bridgehead atoms. The molecule has 2 N–H and O–H groups in total. The number of thiazole rings is 1. The minimum atomic E-state index is -0.455. The zero-order valence-electron chi connectivity index (χ0n) is 18.3. The Morgan fingerprint density at radius 2 is 1.94 bits per heavy atom. The fourth-order valence-electron chi connectivity index (χ4n) is 4.30. The lowest BCUT2D eigenvalue weighted by Crippen LogP contribution is -2.25. The number of nitro benzene ring substituents is 1. The second kappa shape index (κ2) is 9.52. The summed E-state index contributed by atoms with van der Waals surface area (Å²) >= 11 is 7.35. The summed E-state index contributed by atoms with van der Waals surface area (Å²) in [7, 11) is 0. The van der Waals surface area contributed by atoms with Gasteiger partial charge in [0.15, 0.2) is 5.01 Å². The molecule has 0 saturated heterocycles. The number of carbonyl (C=O) groups is 1. The van der Waals surface area contributed by atoms with E-state index in [2.05, 4.69) is 15.6 Å². The van der Waals surface area contributed by atoms with Crippen molar-refractivity contribution >= 4 is 61.3 Å². The Labute approximate surface area is 204 Å². The van der Waals surface area contributed by atoms with Gasteiger partial charge in [-0.2, -0.15) is 0 Å². The average Bonchev–Trinajstić information content (AvgIpc) is 3.26. The smallest absolute Gasteiger partial charge is 0.280 e. The van der Waals surface area contributed by atoms with Crippen molar-refractivity contribution in [2.75, 3.05) is 18.4 Å². The number of nitro groups is 1. The van der Waals surface area contributed by atoms with Gasteiger partial charge in [-0.1, -0.05) is 11.6 Å². The summed E-state index contributed by atoms with van der Waals surface area (Å²) in [5, 5.41) is 19.5. The third-order valence-corrected chi connectivity index (χ3v) is 7.20. The number of fused-ring (bicyclic) bond motifs is 3. The summed E-state index contributed by atoms with van der Waals surface area (Å²) in [6.07, 6.45) is 5.03. The van der Waals surface area contributed by atoms with E-state index in [1.54, 1.807) is 6.07 Å². The van der Waals surface area contributed by atoms with Crippen LogP contribution in [0.25, 0.3) is 21.1 Å². The second-order valence-corrected chi connectivity index (χ2v) is 9.71. The van der Waals surface area contributed by atoms with Gasteiger partial charge in [0.25, 0.3) is 11.6 Å². The molecular formula is C24H22ClN5O3S. The highest BCUT2D eigenvalue weighted by molar-refractivity contribution is 7.20. The van der Waals surface area contributed by atoms with Gasteiger partial charge in [-0.05, 0) is 61.9 Å². The Kier molecular flexibility index (Phi) is 6.30. The van der Waals surface area contributed by atoms with E-state index in [1.165, 1.54) is 17.7 Å². The van der Waals surface area contributed by atoms with E-state index in [0.29, 0.717) is 33.3 Å². The molecule has 2 heterocycles. The van der Waals surface area contributed by atoms with E-state index in [-0.39, 0.29) is 11.6 Å². The maximum Gasteiger partial charge on any atom is 0.280 e. The topological polar surface area (TPSA) is 110 Å². The standard InChI is InChI=1S/C24H22ClN5O3S/c25-14-6-8-17-20(12-14)28-18-5-2-1-4-16(18)22(17)26-10-3-11-27-23(31)24-29-19-9-7-15(30(32)33)13-21(19)34-24/h6-9,12-13H,1-5,10-11H2,(H,26,28)(H,27,31). The van der Waals surface area contributed by atoms with Gasteiger partial charge in [0.1, 0.15) is 0 Å². The van der Waals surface area contributed by atoms with E-state index >= 15 is 0 Å². The number of benzene rings is 2. The van der Waals surface area contributed by atoms with Crippen LogP contribution in [-0.4, -0.2) is 33.9 Å². The van der Waals surface area contributed by atoms with Gasteiger partial charge in [0.05, 0.1) is 20.7 Å². The molecule has 0 fully saturated rings. The van der Waals surface area contributed by atoms with Crippen molar-refractivity contribution in [1.29, 1.82) is 0 Å². The molecule has 2 aromatic carbocycles. The molecule has 10 heteroatoms. The number of hydrogen-bond acceptors (Lipinski definition) is 7. The van der Waals surface area contributed by atoms with Crippen molar-refractivity contribution in [1.82, 2.24) is 15.3 Å². The molecule has 2 aromatic heterocycles. The highest BCUT2D eigenvalue weighted by Crippen LogP contribution is 2.34. The molecule has 0 atom stereocenters. The number of nitrogens with zero attached hydrogens (tertiary/aromatic N) is 3. The molecule has 34 heavy (non-hydrogen) atoms. The van der Waals surface area contributed by atoms with Gasteiger partial charge in [-0.3, -0.25) is 19.9 Å². The fourth-order valence-corrected chi connectivity index (χ4v) is 5.39. The van der Waals surface area contributed by atoms with Crippen LogP contribution in [0.15, 0.2) is 36.4 Å². The Morgan fingerprint density at radius 1 is 1.09 bits per heavy atom. The fraction of sp³-hybridized carbons (Fsp3) is 0.292. The summed E-state index contributed by atoms with van der Waals surface area (Å²) in [4.78, 5) is 32.2. The van der Waals surface area contributed by atoms with Crippen molar-refractivity contribution in [3.63, 3.8) is 0 Å². The van der Waals surface area contributed by atoms with Crippen molar-refractivity contribution < 1.29 is 9.72 Å². The number of non-ortho nitro benzene ring substituents is 1. The third kappa shape index (κ3) is 4.53. The first-order valence-corrected chi connectivity index (χ1v) is 12.4. The number of amides is 1. The molecule has 0 radical (unpaired) electrons. The number of rotatable bonds is 7. The lowest BCUT2D eigenvalue weighted by Gasteiger charge is -2.22. The van der Waals surface area contributed by atoms with Gasteiger partial charge in [0.2, 0.25) is 0 Å². The normalized spacial score (nSPS) is 13.1. The van der Waals surface area contributed by atoms with Crippen LogP contribution in [0.5, 0.6) is 0 Å². The van der Waals surface area contributed by atoms with E-state index in [0.717, 1.165) is 65.7 Å². The van der Waals surface area contributed by atoms with Crippen molar-refractivity contribution in [2.45, 2.75) is 32.1 Å². The number of carbonyl (C=O) groups excluding carboxylic acids is 1. The monoisotopic (exact) mass is 495 g/mol. The molecule has 0 spiro atoms. The number of aryl methyl sites for hydroxylation is 1. The van der Waals surface area contributed by atoms with Crippen LogP contribution < -0.4 is 10.6 Å². The lowest BCUT2D eigenvalue weighted by molar-refractivity contribution is -0.384. The van der Waals surface area contributed by atoms with Crippen LogP contribution in [-0.2, 0) is 12.8 Å². The predicted octanol–water partition coefficient (Wildman–Crippen LogP) is 5.52. The minimum absolute atomic E-state index is 0.0118. The number of halogens is 1. The number of nitrogens with one attached hydrogen (secondary N) is 2. The Hall–Kier alpha value is -3.30. The Bertz CT molecular complexity index is 1420. The van der Waals surface area contributed by atoms with Crippen molar-refractivity contribution in [3.05, 3.63) is 67.8 Å². The molecule has 1 amide bonds. The van der Waals surface area contributed by atoms with Crippen LogP contribution in [0.1, 0.15) is 40.3 Å². The average molecular weight is 496 g/mol. The van der Waals surface area contributed by atoms with E-state index in [4.69, 9.17) is 16.6 Å². The number of hydrogen-bond donors (Lipinski definition) is 2. The van der Waals surface area contributed by atoms with E-state index in [9.17, 15) is 14.9 Å². The van der Waals surface area contributed by atoms with Crippen LogP contribution in [0.4, 0.5) is 11.4 Å². The molecule has 0 saturated carbocycles. The van der Waals surface area contributed by atoms with E-state index in [1.807, 2.05) is 18.2 Å². The molecule has 5 rings (SSSR count). The molecule has 1 aliphatic carbocycles. The first-order chi connectivity index (χ1) is 16.5. The van der Waals surface area contributed by atoms with Crippen molar-refractivity contribution in [2.24, 2.45) is 0 Å². The number of pyridine rings is 1. The second-order valence-electron chi connectivity index (χ2n) is 8.25.